The van der Waals surface area contributed by atoms with Crippen LogP contribution in [0.3, 0.4) is 0 Å². The van der Waals surface area contributed by atoms with E-state index in [0.717, 1.165) is 33.0 Å². The van der Waals surface area contributed by atoms with Gasteiger partial charge in [0, 0.05) is 11.4 Å². The van der Waals surface area contributed by atoms with Crippen LogP contribution in [-0.4, -0.2) is 30.1 Å². The lowest BCUT2D eigenvalue weighted by molar-refractivity contribution is 0.0934. The van der Waals surface area contributed by atoms with Gasteiger partial charge in [-0.15, -0.1) is 11.3 Å². The Labute approximate surface area is 162 Å². The Kier molecular flexibility index (Phi) is 4.78. The fourth-order valence-corrected chi connectivity index (χ4v) is 4.89. The molecule has 0 saturated carbocycles. The van der Waals surface area contributed by atoms with Crippen molar-refractivity contribution < 1.29 is 14.3 Å². The highest BCUT2D eigenvalue weighted by molar-refractivity contribution is 7.16. The van der Waals surface area contributed by atoms with Gasteiger partial charge in [0.2, 0.25) is 0 Å². The van der Waals surface area contributed by atoms with E-state index in [4.69, 9.17) is 4.74 Å². The van der Waals surface area contributed by atoms with E-state index in [1.54, 1.807) is 23.2 Å². The zero-order valence-electron chi connectivity index (χ0n) is 15.5. The molecule has 4 rings (SSSR count). The molecule has 7 heteroatoms. The first kappa shape index (κ1) is 17.9. The van der Waals surface area contributed by atoms with Crippen LogP contribution in [0.15, 0.2) is 24.3 Å². The maximum atomic E-state index is 12.8. The molecule has 2 aliphatic rings. The molecule has 27 heavy (non-hydrogen) atoms. The first-order valence-electron chi connectivity index (χ1n) is 9.33. The first-order valence-corrected chi connectivity index (χ1v) is 10.1. The summed E-state index contributed by atoms with van der Waals surface area (Å²) >= 11 is 1.57. The van der Waals surface area contributed by atoms with Gasteiger partial charge in [-0.25, -0.2) is 4.79 Å². The van der Waals surface area contributed by atoms with E-state index in [-0.39, 0.29) is 18.2 Å². The molecule has 0 bridgehead atoms. The fourth-order valence-electron chi connectivity index (χ4n) is 3.60. The summed E-state index contributed by atoms with van der Waals surface area (Å²) in [5.74, 6) is -0.0459. The number of thiophene rings is 1. The molecule has 0 fully saturated rings. The molecule has 2 aliphatic heterocycles. The van der Waals surface area contributed by atoms with E-state index in [9.17, 15) is 9.59 Å². The highest BCUT2D eigenvalue weighted by atomic mass is 32.1. The molecule has 3 heterocycles. The fraction of sp³-hybridized carbons (Fsp3) is 0.400. The Morgan fingerprint density at radius 3 is 2.74 bits per heavy atom. The molecule has 2 N–H and O–H groups in total. The molecule has 1 aromatic heterocycles. The van der Waals surface area contributed by atoms with Crippen LogP contribution in [0.2, 0.25) is 0 Å². The van der Waals surface area contributed by atoms with Gasteiger partial charge in [0.05, 0.1) is 18.7 Å². The predicted molar refractivity (Wildman–Crippen MR) is 105 cm³/mol. The SMILES string of the molecule is CCOC(=O)N1CCc2c(sc3c2C(=O)NC(c2ccc(CC)cc2)N3)C1. The van der Waals surface area contributed by atoms with Gasteiger partial charge in [-0.2, -0.15) is 0 Å². The molecule has 1 unspecified atom stereocenters. The summed E-state index contributed by atoms with van der Waals surface area (Å²) in [5.41, 5.74) is 4.10. The van der Waals surface area contributed by atoms with Crippen molar-refractivity contribution in [3.05, 3.63) is 51.4 Å². The highest BCUT2D eigenvalue weighted by Crippen LogP contribution is 2.40. The van der Waals surface area contributed by atoms with Crippen LogP contribution < -0.4 is 10.6 Å². The van der Waals surface area contributed by atoms with Crippen molar-refractivity contribution in [2.75, 3.05) is 18.5 Å². The van der Waals surface area contributed by atoms with E-state index < -0.39 is 0 Å². The van der Waals surface area contributed by atoms with Crippen LogP contribution in [-0.2, 0) is 24.1 Å². The van der Waals surface area contributed by atoms with Crippen LogP contribution in [0.25, 0.3) is 0 Å². The second-order valence-electron chi connectivity index (χ2n) is 6.72. The summed E-state index contributed by atoms with van der Waals surface area (Å²) in [6.45, 7) is 5.36. The van der Waals surface area contributed by atoms with E-state index in [0.29, 0.717) is 26.1 Å². The van der Waals surface area contributed by atoms with Crippen molar-refractivity contribution in [1.29, 1.82) is 0 Å². The minimum Gasteiger partial charge on any atom is -0.450 e. The molecular formula is C20H23N3O3S. The first-order chi connectivity index (χ1) is 13.1. The van der Waals surface area contributed by atoms with Crippen LogP contribution in [0.4, 0.5) is 9.80 Å². The lowest BCUT2D eigenvalue weighted by Crippen LogP contribution is -2.39. The van der Waals surface area contributed by atoms with Gasteiger partial charge in [-0.05, 0) is 36.5 Å². The Balaban J connectivity index is 1.57. The normalized spacial score (nSPS) is 18.2. The van der Waals surface area contributed by atoms with Gasteiger partial charge >= 0.3 is 6.09 Å². The van der Waals surface area contributed by atoms with E-state index in [1.807, 2.05) is 0 Å². The molecule has 1 aromatic carbocycles. The van der Waals surface area contributed by atoms with Crippen molar-refractivity contribution >= 4 is 28.3 Å². The van der Waals surface area contributed by atoms with Gasteiger partial charge in [0.1, 0.15) is 11.2 Å². The zero-order valence-corrected chi connectivity index (χ0v) is 16.3. The molecule has 6 nitrogen and oxygen atoms in total. The molecule has 0 aliphatic carbocycles. The van der Waals surface area contributed by atoms with E-state index in [1.165, 1.54) is 5.56 Å². The average molecular weight is 385 g/mol. The quantitative estimate of drug-likeness (QED) is 0.846. The van der Waals surface area contributed by atoms with Crippen molar-refractivity contribution in [2.45, 2.75) is 39.4 Å². The monoisotopic (exact) mass is 385 g/mol. The molecule has 0 spiro atoms. The number of benzene rings is 1. The van der Waals surface area contributed by atoms with Crippen molar-refractivity contribution in [1.82, 2.24) is 10.2 Å². The van der Waals surface area contributed by atoms with Gasteiger partial charge in [-0.1, -0.05) is 31.2 Å². The number of fused-ring (bicyclic) bond motifs is 3. The Hall–Kier alpha value is -2.54. The molecule has 2 aromatic rings. The molecule has 0 saturated heterocycles. The van der Waals surface area contributed by atoms with E-state index >= 15 is 0 Å². The summed E-state index contributed by atoms with van der Waals surface area (Å²) in [6.07, 6.45) is 1.13. The third-order valence-corrected chi connectivity index (χ3v) is 6.23. The maximum Gasteiger partial charge on any atom is 0.410 e. The summed E-state index contributed by atoms with van der Waals surface area (Å²) in [6, 6.07) is 8.29. The Morgan fingerprint density at radius 2 is 2.04 bits per heavy atom. The molecule has 0 radical (unpaired) electrons. The van der Waals surface area contributed by atoms with Crippen LogP contribution in [0.5, 0.6) is 0 Å². The van der Waals surface area contributed by atoms with Gasteiger partial charge < -0.3 is 20.3 Å². The lowest BCUT2D eigenvalue weighted by Gasteiger charge is -2.28. The highest BCUT2D eigenvalue weighted by Gasteiger charge is 2.34. The second-order valence-corrected chi connectivity index (χ2v) is 7.83. The summed E-state index contributed by atoms with van der Waals surface area (Å²) < 4.78 is 5.11. The van der Waals surface area contributed by atoms with Crippen LogP contribution in [0, 0.1) is 0 Å². The maximum absolute atomic E-state index is 12.8. The number of rotatable bonds is 3. The van der Waals surface area contributed by atoms with Gasteiger partial charge in [-0.3, -0.25) is 4.79 Å². The van der Waals surface area contributed by atoms with Crippen LogP contribution in [0.1, 0.15) is 51.9 Å². The summed E-state index contributed by atoms with van der Waals surface area (Å²) in [4.78, 5) is 27.6. The number of hydrogen-bond acceptors (Lipinski definition) is 5. The lowest BCUT2D eigenvalue weighted by atomic mass is 10.00. The van der Waals surface area contributed by atoms with Gasteiger partial charge in [0.25, 0.3) is 5.91 Å². The minimum atomic E-state index is -0.291. The summed E-state index contributed by atoms with van der Waals surface area (Å²) in [7, 11) is 0. The largest absolute Gasteiger partial charge is 0.450 e. The predicted octanol–water partition coefficient (Wildman–Crippen LogP) is 3.68. The summed E-state index contributed by atoms with van der Waals surface area (Å²) in [5, 5.41) is 7.42. The second kappa shape index (κ2) is 7.23. The number of carbonyl (C=O) groups excluding carboxylic acids is 2. The van der Waals surface area contributed by atoms with E-state index in [2.05, 4.69) is 41.8 Å². The number of anilines is 1. The smallest absolute Gasteiger partial charge is 0.410 e. The average Bonchev–Trinajstić information content (AvgIpc) is 3.06. The number of carbonyl (C=O) groups is 2. The number of nitrogens with one attached hydrogen (secondary N) is 2. The van der Waals surface area contributed by atoms with Crippen molar-refractivity contribution in [2.24, 2.45) is 0 Å². The number of amides is 2. The minimum absolute atomic E-state index is 0.0459. The Morgan fingerprint density at radius 1 is 1.26 bits per heavy atom. The number of aryl methyl sites for hydroxylation is 1. The van der Waals surface area contributed by atoms with Crippen molar-refractivity contribution in [3.63, 3.8) is 0 Å². The standard InChI is InChI=1S/C20H23N3O3S/c1-3-12-5-7-13(8-6-12)17-21-18(24)16-14-9-10-23(20(25)26-4-2)11-15(14)27-19(16)22-17/h5-8,17,22H,3-4,9-11H2,1-2H3,(H,21,24). The third-order valence-electron chi connectivity index (χ3n) is 5.08. The van der Waals surface area contributed by atoms with Crippen LogP contribution >= 0.6 is 11.3 Å². The number of nitrogens with zero attached hydrogens (tertiary/aromatic N) is 1. The molecule has 142 valence electrons. The number of ether oxygens (including phenoxy) is 1. The Bertz CT molecular complexity index is 875. The van der Waals surface area contributed by atoms with Crippen molar-refractivity contribution in [3.8, 4) is 0 Å². The third kappa shape index (κ3) is 3.27. The molecule has 1 atom stereocenters. The number of hydrogen-bond donors (Lipinski definition) is 2. The molecular weight excluding hydrogens is 362 g/mol. The topological polar surface area (TPSA) is 70.7 Å². The molecule has 2 amide bonds. The van der Waals surface area contributed by atoms with Gasteiger partial charge in [0.15, 0.2) is 0 Å². The zero-order chi connectivity index (χ0) is 19.0.